The molecule has 1 aromatic carbocycles. The van der Waals surface area contributed by atoms with Crippen molar-refractivity contribution in [2.75, 3.05) is 0 Å². The molecule has 0 radical (unpaired) electrons. The number of carboxylic acids is 1. The van der Waals surface area contributed by atoms with Gasteiger partial charge in [0.2, 0.25) is 0 Å². The third-order valence-corrected chi connectivity index (χ3v) is 2.50. The molecule has 1 aromatic rings. The Kier molecular flexibility index (Phi) is 3.83. The Morgan fingerprint density at radius 2 is 1.87 bits per heavy atom. The predicted octanol–water partition coefficient (Wildman–Crippen LogP) is 3.04. The van der Waals surface area contributed by atoms with Crippen molar-refractivity contribution in [2.45, 2.75) is 26.2 Å². The molecule has 0 heterocycles. The molecule has 0 saturated heterocycles. The van der Waals surface area contributed by atoms with Gasteiger partial charge in [0.1, 0.15) is 5.82 Å². The van der Waals surface area contributed by atoms with E-state index in [0.29, 0.717) is 0 Å². The minimum atomic E-state index is -0.821. The maximum atomic E-state index is 12.7. The summed E-state index contributed by atoms with van der Waals surface area (Å²) in [6.07, 6.45) is 0.0866. The van der Waals surface area contributed by atoms with Gasteiger partial charge in [-0.15, -0.1) is 0 Å². The van der Waals surface area contributed by atoms with Gasteiger partial charge in [-0.3, -0.25) is 4.79 Å². The zero-order valence-corrected chi connectivity index (χ0v) is 8.90. The summed E-state index contributed by atoms with van der Waals surface area (Å²) in [6.45, 7) is 3.94. The zero-order chi connectivity index (χ0) is 11.4. The first-order valence-electron chi connectivity index (χ1n) is 4.98. The summed E-state index contributed by atoms with van der Waals surface area (Å²) >= 11 is 0. The van der Waals surface area contributed by atoms with Crippen molar-refractivity contribution in [3.63, 3.8) is 0 Å². The summed E-state index contributed by atoms with van der Waals surface area (Å²) in [5.41, 5.74) is 0.883. The number of hydrogen-bond acceptors (Lipinski definition) is 1. The lowest BCUT2D eigenvalue weighted by atomic mass is 9.86. The van der Waals surface area contributed by atoms with Crippen LogP contribution in [0.1, 0.15) is 31.7 Å². The third kappa shape index (κ3) is 3.35. The van der Waals surface area contributed by atoms with E-state index >= 15 is 0 Å². The number of rotatable bonds is 4. The minimum absolute atomic E-state index is 0.0527. The third-order valence-electron chi connectivity index (χ3n) is 2.50. The average Bonchev–Trinajstić information content (AvgIpc) is 2.15. The van der Waals surface area contributed by atoms with E-state index in [9.17, 15) is 9.18 Å². The van der Waals surface area contributed by atoms with Crippen LogP contribution in [0.2, 0.25) is 0 Å². The number of aliphatic carboxylic acids is 1. The quantitative estimate of drug-likeness (QED) is 0.829. The lowest BCUT2D eigenvalue weighted by molar-refractivity contribution is -0.137. The van der Waals surface area contributed by atoms with Crippen molar-refractivity contribution in [2.24, 2.45) is 5.92 Å². The highest BCUT2D eigenvalue weighted by Crippen LogP contribution is 2.27. The first kappa shape index (κ1) is 11.7. The number of carboxylic acid groups (broad SMARTS) is 1. The molecule has 15 heavy (non-hydrogen) atoms. The van der Waals surface area contributed by atoms with Crippen LogP contribution in [-0.4, -0.2) is 11.1 Å². The SMILES string of the molecule is CC(C)C(CC(=O)O)c1ccc(F)cc1. The highest BCUT2D eigenvalue weighted by molar-refractivity contribution is 5.68. The molecule has 0 spiro atoms. The van der Waals surface area contributed by atoms with Gasteiger partial charge in [-0.2, -0.15) is 0 Å². The maximum Gasteiger partial charge on any atom is 0.303 e. The van der Waals surface area contributed by atoms with Gasteiger partial charge in [0.05, 0.1) is 6.42 Å². The largest absolute Gasteiger partial charge is 0.481 e. The normalized spacial score (nSPS) is 12.8. The summed E-state index contributed by atoms with van der Waals surface area (Å²) < 4.78 is 12.7. The van der Waals surface area contributed by atoms with Crippen molar-refractivity contribution in [3.8, 4) is 0 Å². The Hall–Kier alpha value is -1.38. The second-order valence-corrected chi connectivity index (χ2v) is 4.00. The van der Waals surface area contributed by atoms with Crippen LogP contribution < -0.4 is 0 Å². The maximum absolute atomic E-state index is 12.7. The summed E-state index contributed by atoms with van der Waals surface area (Å²) in [5.74, 6) is -0.940. The fourth-order valence-electron chi connectivity index (χ4n) is 1.64. The molecule has 1 unspecified atom stereocenters. The van der Waals surface area contributed by atoms with Crippen LogP contribution in [0.15, 0.2) is 24.3 Å². The summed E-state index contributed by atoms with van der Waals surface area (Å²) in [6, 6.07) is 6.05. The Bertz CT molecular complexity index is 330. The van der Waals surface area contributed by atoms with Crippen LogP contribution in [0.3, 0.4) is 0 Å². The van der Waals surface area contributed by atoms with Crippen molar-refractivity contribution in [3.05, 3.63) is 35.6 Å². The van der Waals surface area contributed by atoms with Crippen molar-refractivity contribution < 1.29 is 14.3 Å². The van der Waals surface area contributed by atoms with Crippen LogP contribution in [0, 0.1) is 11.7 Å². The van der Waals surface area contributed by atoms with E-state index in [-0.39, 0.29) is 24.1 Å². The van der Waals surface area contributed by atoms with E-state index in [1.807, 2.05) is 13.8 Å². The molecular formula is C12H15FO2. The molecule has 0 amide bonds. The fourth-order valence-corrected chi connectivity index (χ4v) is 1.64. The molecule has 0 aliphatic heterocycles. The molecule has 0 aliphatic rings. The van der Waals surface area contributed by atoms with Gasteiger partial charge in [0, 0.05) is 0 Å². The van der Waals surface area contributed by atoms with Crippen LogP contribution in [0.4, 0.5) is 4.39 Å². The van der Waals surface area contributed by atoms with Gasteiger partial charge in [-0.1, -0.05) is 26.0 Å². The van der Waals surface area contributed by atoms with E-state index < -0.39 is 5.97 Å². The first-order chi connectivity index (χ1) is 7.00. The van der Waals surface area contributed by atoms with Gasteiger partial charge < -0.3 is 5.11 Å². The number of carbonyl (C=O) groups is 1. The van der Waals surface area contributed by atoms with Crippen LogP contribution in [0.5, 0.6) is 0 Å². The second-order valence-electron chi connectivity index (χ2n) is 4.00. The van der Waals surface area contributed by atoms with Crippen molar-refractivity contribution in [1.82, 2.24) is 0 Å². The Morgan fingerprint density at radius 1 is 1.33 bits per heavy atom. The van der Waals surface area contributed by atoms with E-state index in [0.717, 1.165) is 5.56 Å². The molecule has 1 rings (SSSR count). The fraction of sp³-hybridized carbons (Fsp3) is 0.417. The molecule has 2 nitrogen and oxygen atoms in total. The Balaban J connectivity index is 2.88. The molecule has 0 saturated carbocycles. The van der Waals surface area contributed by atoms with Crippen LogP contribution in [0.25, 0.3) is 0 Å². The smallest absolute Gasteiger partial charge is 0.303 e. The first-order valence-corrected chi connectivity index (χ1v) is 4.98. The lowest BCUT2D eigenvalue weighted by Gasteiger charge is -2.19. The number of halogens is 1. The standard InChI is InChI=1S/C12H15FO2/c1-8(2)11(7-12(14)15)9-3-5-10(13)6-4-9/h3-6,8,11H,7H2,1-2H3,(H,14,15). The summed E-state index contributed by atoms with van der Waals surface area (Å²) in [5, 5.41) is 8.77. The van der Waals surface area contributed by atoms with Crippen LogP contribution in [-0.2, 0) is 4.79 Å². The zero-order valence-electron chi connectivity index (χ0n) is 8.90. The average molecular weight is 210 g/mol. The van der Waals surface area contributed by atoms with Gasteiger partial charge in [-0.25, -0.2) is 4.39 Å². The highest BCUT2D eigenvalue weighted by atomic mass is 19.1. The van der Waals surface area contributed by atoms with Gasteiger partial charge in [0.25, 0.3) is 0 Å². The molecule has 1 N–H and O–H groups in total. The predicted molar refractivity (Wildman–Crippen MR) is 56.2 cm³/mol. The molecule has 1 atom stereocenters. The van der Waals surface area contributed by atoms with Gasteiger partial charge in [0.15, 0.2) is 0 Å². The monoisotopic (exact) mass is 210 g/mol. The molecule has 0 aromatic heterocycles. The van der Waals surface area contributed by atoms with Crippen LogP contribution >= 0.6 is 0 Å². The minimum Gasteiger partial charge on any atom is -0.481 e. The lowest BCUT2D eigenvalue weighted by Crippen LogP contribution is -2.12. The molecule has 3 heteroatoms. The summed E-state index contributed by atoms with van der Waals surface area (Å²) in [7, 11) is 0. The molecule has 0 bridgehead atoms. The molecule has 82 valence electrons. The van der Waals surface area contributed by atoms with Gasteiger partial charge >= 0.3 is 5.97 Å². The van der Waals surface area contributed by atoms with E-state index in [4.69, 9.17) is 5.11 Å². The molecule has 0 aliphatic carbocycles. The Labute approximate surface area is 88.7 Å². The summed E-state index contributed by atoms with van der Waals surface area (Å²) in [4.78, 5) is 10.7. The highest BCUT2D eigenvalue weighted by Gasteiger charge is 2.18. The molecule has 0 fully saturated rings. The van der Waals surface area contributed by atoms with Crippen molar-refractivity contribution in [1.29, 1.82) is 0 Å². The Morgan fingerprint density at radius 3 is 2.27 bits per heavy atom. The topological polar surface area (TPSA) is 37.3 Å². The van der Waals surface area contributed by atoms with E-state index in [2.05, 4.69) is 0 Å². The van der Waals surface area contributed by atoms with Gasteiger partial charge in [-0.05, 0) is 29.5 Å². The van der Waals surface area contributed by atoms with E-state index in [1.54, 1.807) is 12.1 Å². The second kappa shape index (κ2) is 4.91. The number of hydrogen-bond donors (Lipinski definition) is 1. The van der Waals surface area contributed by atoms with E-state index in [1.165, 1.54) is 12.1 Å². The number of benzene rings is 1. The molecular weight excluding hydrogens is 195 g/mol. The van der Waals surface area contributed by atoms with Crippen molar-refractivity contribution >= 4 is 5.97 Å².